The number of hydrogen-bond donors (Lipinski definition) is 2. The van der Waals surface area contributed by atoms with Crippen molar-refractivity contribution in [3.8, 4) is 0 Å². The molecular weight excluding hydrogens is 254 g/mol. The second-order valence-corrected chi connectivity index (χ2v) is 4.76. The fourth-order valence-electron chi connectivity index (χ4n) is 1.02. The molecule has 0 aliphatic rings. The average molecular weight is 262 g/mol. The zero-order valence-corrected chi connectivity index (χ0v) is 9.55. The first kappa shape index (κ1) is 12.7. The Balaban J connectivity index is 3.08. The van der Waals surface area contributed by atoms with Crippen LogP contribution in [0.5, 0.6) is 0 Å². The molecule has 0 aliphatic heterocycles. The summed E-state index contributed by atoms with van der Waals surface area (Å²) in [5.74, 6) is -2.28. The molecule has 1 rings (SSSR count). The van der Waals surface area contributed by atoms with Crippen molar-refractivity contribution in [2.75, 3.05) is 5.75 Å². The number of primary amides is 1. The number of hydrogen-bond acceptors (Lipinski definition) is 3. The van der Waals surface area contributed by atoms with Crippen LogP contribution in [0.1, 0.15) is 10.4 Å². The van der Waals surface area contributed by atoms with Crippen molar-refractivity contribution in [3.63, 3.8) is 0 Å². The van der Waals surface area contributed by atoms with Crippen molar-refractivity contribution in [2.24, 2.45) is 5.73 Å². The van der Waals surface area contributed by atoms with Crippen molar-refractivity contribution in [2.45, 2.75) is 4.90 Å². The van der Waals surface area contributed by atoms with Crippen LogP contribution in [-0.2, 0) is 15.6 Å². The molecule has 1 aromatic carbocycles. The molecule has 0 spiro atoms. The van der Waals surface area contributed by atoms with Crippen LogP contribution in [0.3, 0.4) is 0 Å². The summed E-state index contributed by atoms with van der Waals surface area (Å²) in [6, 6.07) is 3.89. The van der Waals surface area contributed by atoms with Gasteiger partial charge >= 0.3 is 5.97 Å². The second-order valence-electron chi connectivity index (χ2n) is 2.90. The lowest BCUT2D eigenvalue weighted by Gasteiger charge is -2.03. The fraction of sp³-hybridized carbons (Fsp3) is 0.111. The van der Waals surface area contributed by atoms with Crippen molar-refractivity contribution < 1.29 is 18.9 Å². The van der Waals surface area contributed by atoms with Gasteiger partial charge in [0.05, 0.1) is 21.4 Å². The monoisotopic (exact) mass is 261 g/mol. The average Bonchev–Trinajstić information content (AvgIpc) is 2.16. The summed E-state index contributed by atoms with van der Waals surface area (Å²) in [5.41, 5.74) is 4.73. The van der Waals surface area contributed by atoms with E-state index in [4.69, 9.17) is 22.4 Å². The molecule has 3 N–H and O–H groups in total. The highest BCUT2D eigenvalue weighted by atomic mass is 35.5. The standard InChI is InChI=1S/C9H8ClNO4S/c10-7-2-1-5(3-6(7)9(13)14)16(15)4-8(11)12/h1-3H,4H2,(H2,11,12)(H,13,14). The third kappa shape index (κ3) is 3.04. The van der Waals surface area contributed by atoms with Gasteiger partial charge in [-0.15, -0.1) is 0 Å². The summed E-state index contributed by atoms with van der Waals surface area (Å²) in [6.07, 6.45) is 0. The van der Waals surface area contributed by atoms with Crippen molar-refractivity contribution in [1.82, 2.24) is 0 Å². The number of carbonyl (C=O) groups excluding carboxylic acids is 1. The van der Waals surface area contributed by atoms with E-state index in [9.17, 15) is 13.8 Å². The predicted octanol–water partition coefficient (Wildman–Crippen LogP) is 0.631. The van der Waals surface area contributed by atoms with E-state index in [1.807, 2.05) is 0 Å². The maximum Gasteiger partial charge on any atom is 0.337 e. The summed E-state index contributed by atoms with van der Waals surface area (Å²) in [7, 11) is -1.65. The first-order valence-electron chi connectivity index (χ1n) is 4.11. The molecule has 1 aromatic rings. The number of carboxylic acids is 1. The van der Waals surface area contributed by atoms with Gasteiger partial charge in [0, 0.05) is 4.90 Å². The highest BCUT2D eigenvalue weighted by Crippen LogP contribution is 2.19. The quantitative estimate of drug-likeness (QED) is 0.831. The van der Waals surface area contributed by atoms with Gasteiger partial charge in [-0.05, 0) is 18.2 Å². The Morgan fingerprint density at radius 2 is 2.06 bits per heavy atom. The summed E-state index contributed by atoms with van der Waals surface area (Å²) in [5, 5.41) is 8.83. The van der Waals surface area contributed by atoms with Gasteiger partial charge in [0.2, 0.25) is 5.91 Å². The number of benzene rings is 1. The Labute approximate surface area is 98.7 Å². The summed E-state index contributed by atoms with van der Waals surface area (Å²) in [4.78, 5) is 21.5. The van der Waals surface area contributed by atoms with E-state index in [1.165, 1.54) is 18.2 Å². The molecule has 1 unspecified atom stereocenters. The number of nitrogens with two attached hydrogens (primary N) is 1. The molecule has 0 bridgehead atoms. The molecular formula is C9H8ClNO4S. The highest BCUT2D eigenvalue weighted by molar-refractivity contribution is 7.85. The summed E-state index contributed by atoms with van der Waals surface area (Å²) < 4.78 is 11.5. The third-order valence-electron chi connectivity index (χ3n) is 1.70. The van der Waals surface area contributed by atoms with E-state index in [2.05, 4.69) is 0 Å². The van der Waals surface area contributed by atoms with Crippen LogP contribution < -0.4 is 5.73 Å². The van der Waals surface area contributed by atoms with Crippen molar-refractivity contribution >= 4 is 34.3 Å². The molecule has 0 saturated carbocycles. The van der Waals surface area contributed by atoms with Crippen LogP contribution in [0, 0.1) is 0 Å². The minimum Gasteiger partial charge on any atom is -0.478 e. The first-order chi connectivity index (χ1) is 7.41. The van der Waals surface area contributed by atoms with E-state index in [1.54, 1.807) is 0 Å². The molecule has 0 aromatic heterocycles. The Bertz CT molecular complexity index is 475. The second kappa shape index (κ2) is 5.09. The molecule has 1 amide bonds. The Morgan fingerprint density at radius 3 is 2.56 bits per heavy atom. The van der Waals surface area contributed by atoms with Crippen LogP contribution >= 0.6 is 11.6 Å². The Morgan fingerprint density at radius 1 is 1.44 bits per heavy atom. The van der Waals surface area contributed by atoms with E-state index < -0.39 is 22.7 Å². The van der Waals surface area contributed by atoms with Gasteiger partial charge < -0.3 is 10.8 Å². The SMILES string of the molecule is NC(=O)CS(=O)c1ccc(Cl)c(C(=O)O)c1. The van der Waals surface area contributed by atoms with E-state index in [-0.39, 0.29) is 21.2 Å². The molecule has 0 radical (unpaired) electrons. The zero-order chi connectivity index (χ0) is 12.3. The number of rotatable bonds is 4. The first-order valence-corrected chi connectivity index (χ1v) is 5.81. The topological polar surface area (TPSA) is 97.5 Å². The van der Waals surface area contributed by atoms with Gasteiger partial charge in [0.15, 0.2) is 0 Å². The number of carboxylic acid groups (broad SMARTS) is 1. The highest BCUT2D eigenvalue weighted by Gasteiger charge is 2.13. The fourth-order valence-corrected chi connectivity index (χ4v) is 2.12. The lowest BCUT2D eigenvalue weighted by Crippen LogP contribution is -2.19. The normalized spacial score (nSPS) is 12.1. The van der Waals surface area contributed by atoms with Crippen LogP contribution in [0.15, 0.2) is 23.1 Å². The molecule has 86 valence electrons. The smallest absolute Gasteiger partial charge is 0.337 e. The van der Waals surface area contributed by atoms with E-state index in [0.29, 0.717) is 0 Å². The number of amides is 1. The molecule has 16 heavy (non-hydrogen) atoms. The lowest BCUT2D eigenvalue weighted by atomic mass is 10.2. The maximum atomic E-state index is 11.5. The van der Waals surface area contributed by atoms with E-state index >= 15 is 0 Å². The third-order valence-corrected chi connectivity index (χ3v) is 3.36. The molecule has 0 heterocycles. The number of halogens is 1. The number of carbonyl (C=O) groups is 2. The van der Waals surface area contributed by atoms with Gasteiger partial charge in [-0.2, -0.15) is 0 Å². The van der Waals surface area contributed by atoms with Gasteiger partial charge in [0.25, 0.3) is 0 Å². The van der Waals surface area contributed by atoms with Crippen LogP contribution in [0.25, 0.3) is 0 Å². The molecule has 7 heteroatoms. The summed E-state index contributed by atoms with van der Waals surface area (Å²) >= 11 is 5.63. The Kier molecular flexibility index (Phi) is 4.03. The molecule has 0 fully saturated rings. The molecule has 0 saturated heterocycles. The van der Waals surface area contributed by atoms with Crippen molar-refractivity contribution in [3.05, 3.63) is 28.8 Å². The van der Waals surface area contributed by atoms with Gasteiger partial charge in [0.1, 0.15) is 5.75 Å². The van der Waals surface area contributed by atoms with Crippen LogP contribution in [0.4, 0.5) is 0 Å². The minimum atomic E-state index is -1.65. The minimum absolute atomic E-state index is 0.0484. The molecule has 5 nitrogen and oxygen atoms in total. The van der Waals surface area contributed by atoms with Gasteiger partial charge in [-0.3, -0.25) is 9.00 Å². The van der Waals surface area contributed by atoms with Crippen LogP contribution in [0.2, 0.25) is 5.02 Å². The van der Waals surface area contributed by atoms with Gasteiger partial charge in [-0.25, -0.2) is 4.79 Å². The van der Waals surface area contributed by atoms with E-state index in [0.717, 1.165) is 0 Å². The molecule has 1 atom stereocenters. The zero-order valence-electron chi connectivity index (χ0n) is 7.97. The Hall–Kier alpha value is -1.40. The van der Waals surface area contributed by atoms with Crippen molar-refractivity contribution in [1.29, 1.82) is 0 Å². The lowest BCUT2D eigenvalue weighted by molar-refractivity contribution is -0.115. The molecule has 0 aliphatic carbocycles. The largest absolute Gasteiger partial charge is 0.478 e. The number of aromatic carboxylic acids is 1. The predicted molar refractivity (Wildman–Crippen MR) is 58.9 cm³/mol. The van der Waals surface area contributed by atoms with Crippen LogP contribution in [-0.4, -0.2) is 26.9 Å². The maximum absolute atomic E-state index is 11.5. The van der Waals surface area contributed by atoms with Gasteiger partial charge in [-0.1, -0.05) is 11.6 Å². The summed E-state index contributed by atoms with van der Waals surface area (Å²) in [6.45, 7) is 0.